The van der Waals surface area contributed by atoms with Crippen molar-refractivity contribution in [1.82, 2.24) is 0 Å². The van der Waals surface area contributed by atoms with Crippen LogP contribution in [-0.2, 0) is 4.79 Å². The molecule has 1 saturated heterocycles. The molecule has 0 aliphatic carbocycles. The van der Waals surface area contributed by atoms with Crippen molar-refractivity contribution in [3.05, 3.63) is 65.0 Å². The predicted octanol–water partition coefficient (Wildman–Crippen LogP) is 4.22. The molecule has 2 aromatic rings. The number of halogens is 1. The van der Waals surface area contributed by atoms with E-state index in [1.807, 2.05) is 32.0 Å². The Labute approximate surface area is 128 Å². The van der Waals surface area contributed by atoms with E-state index in [0.717, 1.165) is 22.4 Å². The van der Waals surface area contributed by atoms with Gasteiger partial charge in [0.15, 0.2) is 0 Å². The first-order valence-corrected chi connectivity index (χ1v) is 7.87. The molecule has 108 valence electrons. The Balaban J connectivity index is 2.03. The van der Waals surface area contributed by atoms with Crippen LogP contribution in [0.25, 0.3) is 0 Å². The minimum atomic E-state index is -0.271. The summed E-state index contributed by atoms with van der Waals surface area (Å²) < 4.78 is 13.5. The zero-order chi connectivity index (χ0) is 15.0. The number of rotatable bonds is 2. The monoisotopic (exact) mass is 301 g/mol. The highest BCUT2D eigenvalue weighted by atomic mass is 32.2. The van der Waals surface area contributed by atoms with Crippen LogP contribution in [0.5, 0.6) is 0 Å². The molecule has 21 heavy (non-hydrogen) atoms. The molecule has 1 heterocycles. The van der Waals surface area contributed by atoms with Gasteiger partial charge in [-0.05, 0) is 54.8 Å². The number of anilines is 1. The van der Waals surface area contributed by atoms with Crippen LogP contribution in [-0.4, -0.2) is 11.7 Å². The number of carbonyl (C=O) groups excluding carboxylic acids is 1. The third-order valence-electron chi connectivity index (χ3n) is 3.49. The Morgan fingerprint density at radius 3 is 2.52 bits per heavy atom. The second kappa shape index (κ2) is 5.53. The predicted molar refractivity (Wildman–Crippen MR) is 85.0 cm³/mol. The third kappa shape index (κ3) is 2.81. The van der Waals surface area contributed by atoms with Gasteiger partial charge in [0, 0.05) is 5.69 Å². The van der Waals surface area contributed by atoms with Crippen LogP contribution < -0.4 is 4.90 Å². The number of hydrogen-bond acceptors (Lipinski definition) is 2. The molecular weight excluding hydrogens is 285 g/mol. The first kappa shape index (κ1) is 14.1. The van der Waals surface area contributed by atoms with E-state index in [1.54, 1.807) is 11.0 Å². The minimum Gasteiger partial charge on any atom is -0.295 e. The van der Waals surface area contributed by atoms with Gasteiger partial charge in [-0.1, -0.05) is 18.2 Å². The Hall–Kier alpha value is -1.81. The molecule has 0 N–H and O–H groups in total. The molecule has 2 aromatic carbocycles. The van der Waals surface area contributed by atoms with E-state index < -0.39 is 0 Å². The lowest BCUT2D eigenvalue weighted by molar-refractivity contribution is -0.115. The van der Waals surface area contributed by atoms with Crippen molar-refractivity contribution in [2.45, 2.75) is 19.2 Å². The van der Waals surface area contributed by atoms with E-state index in [9.17, 15) is 9.18 Å². The highest BCUT2D eigenvalue weighted by Gasteiger charge is 2.34. The summed E-state index contributed by atoms with van der Waals surface area (Å²) in [6.45, 7) is 4.03. The van der Waals surface area contributed by atoms with E-state index in [0.29, 0.717) is 5.75 Å². The molecule has 1 aliphatic rings. The van der Waals surface area contributed by atoms with E-state index in [1.165, 1.54) is 23.9 Å². The van der Waals surface area contributed by atoms with Gasteiger partial charge in [0.05, 0.1) is 5.75 Å². The van der Waals surface area contributed by atoms with Crippen molar-refractivity contribution in [2.24, 2.45) is 0 Å². The zero-order valence-corrected chi connectivity index (χ0v) is 12.8. The summed E-state index contributed by atoms with van der Waals surface area (Å²) in [6, 6.07) is 12.6. The summed E-state index contributed by atoms with van der Waals surface area (Å²) in [6.07, 6.45) is 0. The fourth-order valence-corrected chi connectivity index (χ4v) is 3.87. The molecule has 1 aliphatic heterocycles. The van der Waals surface area contributed by atoms with Gasteiger partial charge in [0.25, 0.3) is 0 Å². The van der Waals surface area contributed by atoms with Crippen LogP contribution in [0, 0.1) is 19.7 Å². The maximum absolute atomic E-state index is 13.5. The summed E-state index contributed by atoms with van der Waals surface area (Å²) in [5.74, 6) is 0.223. The molecule has 4 heteroatoms. The largest absolute Gasteiger partial charge is 0.295 e. The average molecular weight is 301 g/mol. The highest BCUT2D eigenvalue weighted by Crippen LogP contribution is 2.42. The topological polar surface area (TPSA) is 20.3 Å². The second-order valence-corrected chi connectivity index (χ2v) is 6.40. The molecule has 0 aromatic heterocycles. The molecule has 0 saturated carbocycles. The van der Waals surface area contributed by atoms with E-state index in [2.05, 4.69) is 6.07 Å². The van der Waals surface area contributed by atoms with Gasteiger partial charge in [-0.15, -0.1) is 11.8 Å². The molecule has 1 fully saturated rings. The van der Waals surface area contributed by atoms with Crippen LogP contribution >= 0.6 is 11.8 Å². The molecule has 0 unspecified atom stereocenters. The molecular formula is C17H16FNOS. The van der Waals surface area contributed by atoms with Crippen molar-refractivity contribution < 1.29 is 9.18 Å². The fraction of sp³-hybridized carbons (Fsp3) is 0.235. The average Bonchev–Trinajstić information content (AvgIpc) is 2.79. The van der Waals surface area contributed by atoms with E-state index in [-0.39, 0.29) is 17.1 Å². The number of carbonyl (C=O) groups is 1. The molecule has 1 amide bonds. The van der Waals surface area contributed by atoms with Crippen LogP contribution in [0.15, 0.2) is 42.5 Å². The number of hydrogen-bond donors (Lipinski definition) is 0. The molecule has 2 nitrogen and oxygen atoms in total. The van der Waals surface area contributed by atoms with Crippen LogP contribution in [0.2, 0.25) is 0 Å². The number of amides is 1. The number of nitrogens with zero attached hydrogens (tertiary/aromatic N) is 1. The first-order chi connectivity index (χ1) is 10.0. The maximum atomic E-state index is 13.5. The Morgan fingerprint density at radius 1 is 1.14 bits per heavy atom. The van der Waals surface area contributed by atoms with Gasteiger partial charge >= 0.3 is 0 Å². The lowest BCUT2D eigenvalue weighted by atomic mass is 10.1. The second-order valence-electron chi connectivity index (χ2n) is 5.33. The first-order valence-electron chi connectivity index (χ1n) is 6.82. The van der Waals surface area contributed by atoms with Crippen LogP contribution in [0.4, 0.5) is 10.1 Å². The van der Waals surface area contributed by atoms with Gasteiger partial charge in [-0.25, -0.2) is 4.39 Å². The third-order valence-corrected chi connectivity index (χ3v) is 4.70. The normalized spacial score (nSPS) is 18.3. The van der Waals surface area contributed by atoms with Gasteiger partial charge in [0.1, 0.15) is 11.2 Å². The zero-order valence-electron chi connectivity index (χ0n) is 12.0. The number of aryl methyl sites for hydroxylation is 2. The van der Waals surface area contributed by atoms with Crippen LogP contribution in [0.1, 0.15) is 22.1 Å². The Kier molecular flexibility index (Phi) is 3.72. The summed E-state index contributed by atoms with van der Waals surface area (Å²) in [7, 11) is 0. The summed E-state index contributed by atoms with van der Waals surface area (Å²) in [4.78, 5) is 14.1. The maximum Gasteiger partial charge on any atom is 0.238 e. The van der Waals surface area contributed by atoms with Crippen molar-refractivity contribution in [1.29, 1.82) is 0 Å². The molecule has 0 bridgehead atoms. The molecule has 0 radical (unpaired) electrons. The molecule has 3 rings (SSSR count). The van der Waals surface area contributed by atoms with Crippen molar-refractivity contribution in [2.75, 3.05) is 10.7 Å². The number of benzene rings is 2. The van der Waals surface area contributed by atoms with Gasteiger partial charge < -0.3 is 0 Å². The molecule has 1 atom stereocenters. The van der Waals surface area contributed by atoms with Crippen LogP contribution in [0.3, 0.4) is 0 Å². The lowest BCUT2D eigenvalue weighted by Crippen LogP contribution is -2.28. The van der Waals surface area contributed by atoms with Gasteiger partial charge in [-0.3, -0.25) is 9.69 Å². The summed E-state index contributed by atoms with van der Waals surface area (Å²) in [5, 5.41) is -0.158. The summed E-state index contributed by atoms with van der Waals surface area (Å²) >= 11 is 1.54. The van der Waals surface area contributed by atoms with E-state index in [4.69, 9.17) is 0 Å². The smallest absolute Gasteiger partial charge is 0.238 e. The lowest BCUT2D eigenvalue weighted by Gasteiger charge is -2.25. The van der Waals surface area contributed by atoms with Gasteiger partial charge in [0.2, 0.25) is 5.91 Å². The van der Waals surface area contributed by atoms with E-state index >= 15 is 0 Å². The standard InChI is InChI=1S/C17H16FNOS/c1-11-6-12(2)8-15(7-11)19-16(20)10-21-17(19)13-4-3-5-14(18)9-13/h3-9,17H,10H2,1-2H3/t17-/m0/s1. The highest BCUT2D eigenvalue weighted by molar-refractivity contribution is 8.00. The quantitative estimate of drug-likeness (QED) is 0.827. The molecule has 0 spiro atoms. The summed E-state index contributed by atoms with van der Waals surface area (Å²) in [5.41, 5.74) is 3.95. The van der Waals surface area contributed by atoms with Gasteiger partial charge in [-0.2, -0.15) is 0 Å². The van der Waals surface area contributed by atoms with Crippen molar-refractivity contribution in [3.8, 4) is 0 Å². The number of thioether (sulfide) groups is 1. The van der Waals surface area contributed by atoms with Crippen molar-refractivity contribution in [3.63, 3.8) is 0 Å². The fourth-order valence-electron chi connectivity index (χ4n) is 2.70. The van der Waals surface area contributed by atoms with Crippen molar-refractivity contribution >= 4 is 23.4 Å². The SMILES string of the molecule is Cc1cc(C)cc(N2C(=O)CS[C@H]2c2cccc(F)c2)c1. The minimum absolute atomic E-state index is 0.0688. The Morgan fingerprint density at radius 2 is 1.86 bits per heavy atom. The Bertz CT molecular complexity index is 681.